The van der Waals surface area contributed by atoms with Crippen molar-refractivity contribution in [2.45, 2.75) is 51.7 Å². The highest BCUT2D eigenvalue weighted by Crippen LogP contribution is 2.22. The van der Waals surface area contributed by atoms with Gasteiger partial charge in [0, 0.05) is 32.3 Å². The molecular formula is C19H30N2O2. The number of amides is 1. The van der Waals surface area contributed by atoms with Gasteiger partial charge in [0.15, 0.2) is 0 Å². The minimum absolute atomic E-state index is 0.247. The lowest BCUT2D eigenvalue weighted by atomic mass is 9.97. The Kier molecular flexibility index (Phi) is 7.06. The number of carbonyl (C=O) groups excluding carboxylic acids is 1. The number of ether oxygens (including phenoxy) is 1. The first kappa shape index (κ1) is 18.0. The lowest BCUT2D eigenvalue weighted by molar-refractivity contribution is -0.138. The van der Waals surface area contributed by atoms with Crippen LogP contribution in [0, 0.1) is 0 Å². The summed E-state index contributed by atoms with van der Waals surface area (Å²) >= 11 is 0. The van der Waals surface area contributed by atoms with Crippen molar-refractivity contribution < 1.29 is 9.53 Å². The molecule has 0 saturated carbocycles. The van der Waals surface area contributed by atoms with Gasteiger partial charge in [-0.05, 0) is 38.7 Å². The maximum atomic E-state index is 12.8. The lowest BCUT2D eigenvalue weighted by Gasteiger charge is -2.40. The van der Waals surface area contributed by atoms with Crippen molar-refractivity contribution in [1.82, 2.24) is 9.80 Å². The molecule has 2 rings (SSSR count). The molecule has 23 heavy (non-hydrogen) atoms. The normalized spacial score (nSPS) is 21.7. The van der Waals surface area contributed by atoms with E-state index in [4.69, 9.17) is 4.74 Å². The molecule has 1 aromatic rings. The molecule has 4 nitrogen and oxygen atoms in total. The highest BCUT2D eigenvalue weighted by Gasteiger charge is 2.29. The van der Waals surface area contributed by atoms with E-state index < -0.39 is 0 Å². The van der Waals surface area contributed by atoms with Gasteiger partial charge in [0.25, 0.3) is 0 Å². The molecule has 4 heteroatoms. The maximum Gasteiger partial charge on any atom is 0.237 e. The standard InChI is InChI=1S/C19H30N2O2/c1-16-8-7-9-17(2)21(16)19(22)15-20(12-13-23-3)14-18-10-5-4-6-11-18/h4-6,10-11,16-17H,7-9,12-15H2,1-3H3. The lowest BCUT2D eigenvalue weighted by Crippen LogP contribution is -2.51. The first-order valence-corrected chi connectivity index (χ1v) is 8.68. The summed E-state index contributed by atoms with van der Waals surface area (Å²) in [5, 5.41) is 0. The van der Waals surface area contributed by atoms with Gasteiger partial charge in [0.05, 0.1) is 13.2 Å². The van der Waals surface area contributed by atoms with Crippen molar-refractivity contribution in [1.29, 1.82) is 0 Å². The van der Waals surface area contributed by atoms with Crippen molar-refractivity contribution in [2.75, 3.05) is 26.8 Å². The third kappa shape index (κ3) is 5.33. The zero-order valence-corrected chi connectivity index (χ0v) is 14.7. The second-order valence-electron chi connectivity index (χ2n) is 6.62. The molecule has 1 amide bonds. The quantitative estimate of drug-likeness (QED) is 0.775. The number of carbonyl (C=O) groups is 1. The zero-order valence-electron chi connectivity index (χ0n) is 14.7. The minimum atomic E-state index is 0.247. The van der Waals surface area contributed by atoms with Crippen molar-refractivity contribution in [3.05, 3.63) is 35.9 Å². The fourth-order valence-electron chi connectivity index (χ4n) is 3.46. The molecule has 2 atom stereocenters. The van der Waals surface area contributed by atoms with E-state index >= 15 is 0 Å². The number of methoxy groups -OCH3 is 1. The largest absolute Gasteiger partial charge is 0.383 e. The van der Waals surface area contributed by atoms with E-state index in [0.29, 0.717) is 25.2 Å². The summed E-state index contributed by atoms with van der Waals surface area (Å²) in [6.07, 6.45) is 3.46. The van der Waals surface area contributed by atoms with E-state index in [1.807, 2.05) is 18.2 Å². The van der Waals surface area contributed by atoms with Crippen molar-refractivity contribution >= 4 is 5.91 Å². The van der Waals surface area contributed by atoms with Crippen LogP contribution < -0.4 is 0 Å². The molecule has 2 unspecified atom stereocenters. The molecule has 1 fully saturated rings. The second kappa shape index (κ2) is 9.04. The number of hydrogen-bond acceptors (Lipinski definition) is 3. The van der Waals surface area contributed by atoms with Gasteiger partial charge in [-0.3, -0.25) is 9.69 Å². The highest BCUT2D eigenvalue weighted by molar-refractivity contribution is 5.79. The molecule has 1 aliphatic heterocycles. The summed E-state index contributed by atoms with van der Waals surface area (Å²) in [5.41, 5.74) is 1.23. The van der Waals surface area contributed by atoms with Gasteiger partial charge in [-0.25, -0.2) is 0 Å². The van der Waals surface area contributed by atoms with Gasteiger partial charge in [0.2, 0.25) is 5.91 Å². The fourth-order valence-corrected chi connectivity index (χ4v) is 3.46. The minimum Gasteiger partial charge on any atom is -0.383 e. The Labute approximate surface area is 140 Å². The molecule has 1 heterocycles. The van der Waals surface area contributed by atoms with Crippen LogP contribution >= 0.6 is 0 Å². The second-order valence-corrected chi connectivity index (χ2v) is 6.62. The van der Waals surface area contributed by atoms with Crippen LogP contribution in [0.15, 0.2) is 30.3 Å². The van der Waals surface area contributed by atoms with Gasteiger partial charge in [-0.15, -0.1) is 0 Å². The van der Waals surface area contributed by atoms with Gasteiger partial charge >= 0.3 is 0 Å². The van der Waals surface area contributed by atoms with Crippen LogP contribution in [0.25, 0.3) is 0 Å². The van der Waals surface area contributed by atoms with Crippen LogP contribution in [0.4, 0.5) is 0 Å². The van der Waals surface area contributed by atoms with Crippen LogP contribution in [0.1, 0.15) is 38.7 Å². The SMILES string of the molecule is COCCN(CC(=O)N1C(C)CCCC1C)Cc1ccccc1. The Morgan fingerprint density at radius 2 is 1.87 bits per heavy atom. The Balaban J connectivity index is 1.99. The van der Waals surface area contributed by atoms with Crippen molar-refractivity contribution in [3.8, 4) is 0 Å². The monoisotopic (exact) mass is 318 g/mol. The molecule has 0 spiro atoms. The molecule has 0 radical (unpaired) electrons. The van der Waals surface area contributed by atoms with Gasteiger partial charge in [-0.1, -0.05) is 30.3 Å². The molecule has 0 aliphatic carbocycles. The maximum absolute atomic E-state index is 12.8. The topological polar surface area (TPSA) is 32.8 Å². The first-order chi connectivity index (χ1) is 11.1. The summed E-state index contributed by atoms with van der Waals surface area (Å²) in [4.78, 5) is 17.1. The summed E-state index contributed by atoms with van der Waals surface area (Å²) in [6, 6.07) is 11.0. The average molecular weight is 318 g/mol. The van der Waals surface area contributed by atoms with Crippen LogP contribution in [0.2, 0.25) is 0 Å². The van der Waals surface area contributed by atoms with Crippen LogP contribution in [-0.4, -0.2) is 54.6 Å². The fraction of sp³-hybridized carbons (Fsp3) is 0.632. The molecule has 1 aliphatic rings. The zero-order chi connectivity index (χ0) is 16.7. The smallest absolute Gasteiger partial charge is 0.237 e. The summed E-state index contributed by atoms with van der Waals surface area (Å²) in [7, 11) is 1.71. The molecule has 0 aromatic heterocycles. The van der Waals surface area contributed by atoms with E-state index in [1.54, 1.807) is 7.11 Å². The number of rotatable bonds is 7. The number of likely N-dealkylation sites (tertiary alicyclic amines) is 1. The van der Waals surface area contributed by atoms with E-state index in [-0.39, 0.29) is 5.91 Å². The van der Waals surface area contributed by atoms with Gasteiger partial charge in [-0.2, -0.15) is 0 Å². The highest BCUT2D eigenvalue weighted by atomic mass is 16.5. The number of hydrogen-bond donors (Lipinski definition) is 0. The van der Waals surface area contributed by atoms with E-state index in [2.05, 4.69) is 35.8 Å². The summed E-state index contributed by atoms with van der Waals surface area (Å²) < 4.78 is 5.21. The molecule has 0 bridgehead atoms. The van der Waals surface area contributed by atoms with Gasteiger partial charge < -0.3 is 9.64 Å². The Hall–Kier alpha value is -1.39. The van der Waals surface area contributed by atoms with Crippen LogP contribution in [0.5, 0.6) is 0 Å². The van der Waals surface area contributed by atoms with E-state index in [1.165, 1.54) is 12.0 Å². The van der Waals surface area contributed by atoms with Crippen LogP contribution in [-0.2, 0) is 16.1 Å². The Morgan fingerprint density at radius 1 is 1.22 bits per heavy atom. The molecule has 0 N–H and O–H groups in total. The van der Waals surface area contributed by atoms with E-state index in [9.17, 15) is 4.79 Å². The number of nitrogens with zero attached hydrogens (tertiary/aromatic N) is 2. The summed E-state index contributed by atoms with van der Waals surface area (Å²) in [5.74, 6) is 0.247. The predicted octanol–water partition coefficient (Wildman–Crippen LogP) is 2.92. The van der Waals surface area contributed by atoms with Crippen molar-refractivity contribution in [3.63, 3.8) is 0 Å². The molecular weight excluding hydrogens is 288 g/mol. The molecule has 1 saturated heterocycles. The van der Waals surface area contributed by atoms with Crippen molar-refractivity contribution in [2.24, 2.45) is 0 Å². The third-order valence-electron chi connectivity index (χ3n) is 4.70. The molecule has 128 valence electrons. The number of benzene rings is 1. The van der Waals surface area contributed by atoms with E-state index in [0.717, 1.165) is 25.9 Å². The van der Waals surface area contributed by atoms with Gasteiger partial charge in [0.1, 0.15) is 0 Å². The predicted molar refractivity (Wildman–Crippen MR) is 93.2 cm³/mol. The summed E-state index contributed by atoms with van der Waals surface area (Å²) in [6.45, 7) is 7.01. The molecule has 1 aromatic carbocycles. The average Bonchev–Trinajstić information content (AvgIpc) is 2.53. The number of piperidine rings is 1. The first-order valence-electron chi connectivity index (χ1n) is 8.68. The Morgan fingerprint density at radius 3 is 2.48 bits per heavy atom. The third-order valence-corrected chi connectivity index (χ3v) is 4.70. The van der Waals surface area contributed by atoms with Crippen LogP contribution in [0.3, 0.4) is 0 Å². The Bertz CT molecular complexity index is 468.